The van der Waals surface area contributed by atoms with Crippen molar-refractivity contribution in [2.24, 2.45) is 0 Å². The third-order valence-corrected chi connectivity index (χ3v) is 5.53. The van der Waals surface area contributed by atoms with Crippen molar-refractivity contribution in [3.8, 4) is 0 Å². The molecule has 1 saturated heterocycles. The van der Waals surface area contributed by atoms with Crippen LogP contribution in [-0.4, -0.2) is 18.6 Å². The molecule has 2 unspecified atom stereocenters. The molecule has 1 aliphatic heterocycles. The minimum Gasteiger partial charge on any atom is -0.314 e. The Labute approximate surface area is 123 Å². The van der Waals surface area contributed by atoms with Gasteiger partial charge in [-0.15, -0.1) is 11.3 Å². The fraction of sp³-hybridized carbons (Fsp3) is 0.714. The van der Waals surface area contributed by atoms with Gasteiger partial charge < -0.3 is 10.6 Å². The first-order valence-electron chi connectivity index (χ1n) is 6.94. The lowest BCUT2D eigenvalue weighted by atomic mass is 10.0. The Morgan fingerprint density at radius 3 is 3.17 bits per heavy atom. The normalized spacial score (nSPS) is 22.7. The third kappa shape index (κ3) is 4.65. The number of hydrogen-bond acceptors (Lipinski definition) is 3. The van der Waals surface area contributed by atoms with Crippen molar-refractivity contribution in [2.45, 2.75) is 57.7 Å². The number of thiophene rings is 1. The van der Waals surface area contributed by atoms with Crippen LogP contribution in [0.1, 0.15) is 43.9 Å². The zero-order valence-electron chi connectivity index (χ0n) is 11.0. The highest BCUT2D eigenvalue weighted by molar-refractivity contribution is 9.10. The summed E-state index contributed by atoms with van der Waals surface area (Å²) in [5, 5.41) is 9.44. The fourth-order valence-corrected chi connectivity index (χ4v) is 3.97. The summed E-state index contributed by atoms with van der Waals surface area (Å²) in [6, 6.07) is 3.41. The predicted octanol–water partition coefficient (Wildman–Crippen LogP) is 3.91. The fourth-order valence-electron chi connectivity index (χ4n) is 2.53. The summed E-state index contributed by atoms with van der Waals surface area (Å²) < 4.78 is 1.24. The molecule has 1 aromatic rings. The summed E-state index contributed by atoms with van der Waals surface area (Å²) in [5.41, 5.74) is 0. The van der Waals surface area contributed by atoms with Gasteiger partial charge in [-0.2, -0.15) is 0 Å². The van der Waals surface area contributed by atoms with Gasteiger partial charge in [0.2, 0.25) is 0 Å². The zero-order valence-corrected chi connectivity index (χ0v) is 13.4. The predicted molar refractivity (Wildman–Crippen MR) is 83.2 cm³/mol. The number of rotatable bonds is 5. The third-order valence-electron chi connectivity index (χ3n) is 3.60. The van der Waals surface area contributed by atoms with Crippen molar-refractivity contribution < 1.29 is 0 Å². The maximum Gasteiger partial charge on any atom is 0.0327 e. The molecule has 0 aliphatic carbocycles. The van der Waals surface area contributed by atoms with Gasteiger partial charge >= 0.3 is 0 Å². The molecule has 0 amide bonds. The highest BCUT2D eigenvalue weighted by atomic mass is 79.9. The van der Waals surface area contributed by atoms with E-state index in [9.17, 15) is 0 Å². The number of nitrogens with one attached hydrogen (secondary N) is 2. The van der Waals surface area contributed by atoms with Crippen molar-refractivity contribution in [3.63, 3.8) is 0 Å². The largest absolute Gasteiger partial charge is 0.314 e. The first-order chi connectivity index (χ1) is 8.75. The Morgan fingerprint density at radius 2 is 2.39 bits per heavy atom. The lowest BCUT2D eigenvalue weighted by Gasteiger charge is -2.21. The van der Waals surface area contributed by atoms with Crippen LogP contribution in [-0.2, 0) is 6.54 Å². The molecule has 0 saturated carbocycles. The van der Waals surface area contributed by atoms with Crippen molar-refractivity contribution in [2.75, 3.05) is 6.54 Å². The Kier molecular flexibility index (Phi) is 6.15. The summed E-state index contributed by atoms with van der Waals surface area (Å²) in [5.74, 6) is 0. The molecule has 1 fully saturated rings. The monoisotopic (exact) mass is 330 g/mol. The molecule has 1 aromatic heterocycles. The molecule has 1 aliphatic rings. The Bertz CT molecular complexity index is 345. The Hall–Kier alpha value is 0.100. The summed E-state index contributed by atoms with van der Waals surface area (Å²) in [7, 11) is 0. The summed E-state index contributed by atoms with van der Waals surface area (Å²) in [4.78, 5) is 1.40. The van der Waals surface area contributed by atoms with Gasteiger partial charge in [-0.1, -0.05) is 12.8 Å². The van der Waals surface area contributed by atoms with E-state index in [1.54, 1.807) is 0 Å². The molecule has 0 aromatic carbocycles. The minimum absolute atomic E-state index is 0.578. The summed E-state index contributed by atoms with van der Waals surface area (Å²) >= 11 is 5.40. The smallest absolute Gasteiger partial charge is 0.0327 e. The van der Waals surface area contributed by atoms with Crippen molar-refractivity contribution >= 4 is 27.3 Å². The number of hydrogen-bond donors (Lipinski definition) is 2. The lowest BCUT2D eigenvalue weighted by Crippen LogP contribution is -2.36. The van der Waals surface area contributed by atoms with Crippen LogP contribution in [0, 0.1) is 0 Å². The van der Waals surface area contributed by atoms with Crippen molar-refractivity contribution in [1.82, 2.24) is 10.6 Å². The van der Waals surface area contributed by atoms with Crippen LogP contribution in [0.3, 0.4) is 0 Å². The van der Waals surface area contributed by atoms with Crippen LogP contribution >= 0.6 is 27.3 Å². The molecule has 2 heterocycles. The maximum absolute atomic E-state index is 3.67. The van der Waals surface area contributed by atoms with E-state index in [0.29, 0.717) is 12.1 Å². The highest BCUT2D eigenvalue weighted by Crippen LogP contribution is 2.22. The first kappa shape index (κ1) is 14.5. The maximum atomic E-state index is 3.67. The molecule has 2 N–H and O–H groups in total. The van der Waals surface area contributed by atoms with Crippen molar-refractivity contribution in [1.29, 1.82) is 0 Å². The minimum atomic E-state index is 0.578. The molecule has 2 atom stereocenters. The molecule has 102 valence electrons. The van der Waals surface area contributed by atoms with Gasteiger partial charge in [-0.3, -0.25) is 0 Å². The van der Waals surface area contributed by atoms with E-state index in [-0.39, 0.29) is 0 Å². The quantitative estimate of drug-likeness (QED) is 0.855. The zero-order chi connectivity index (χ0) is 12.8. The second kappa shape index (κ2) is 7.63. The first-order valence-corrected chi connectivity index (χ1v) is 8.61. The van der Waals surface area contributed by atoms with Gasteiger partial charge in [0, 0.05) is 28.0 Å². The molecule has 4 heteroatoms. The average Bonchev–Trinajstić information content (AvgIpc) is 2.61. The van der Waals surface area contributed by atoms with E-state index < -0.39 is 0 Å². The second-order valence-electron chi connectivity index (χ2n) is 5.21. The molecule has 0 bridgehead atoms. The van der Waals surface area contributed by atoms with E-state index in [1.807, 2.05) is 11.3 Å². The average molecular weight is 331 g/mol. The SMILES string of the molecule is CC(CC1CCCCCN1)NCc1sccc1Br. The Morgan fingerprint density at radius 1 is 1.50 bits per heavy atom. The van der Waals surface area contributed by atoms with Gasteiger partial charge in [-0.25, -0.2) is 0 Å². The van der Waals surface area contributed by atoms with E-state index in [0.717, 1.165) is 6.54 Å². The lowest BCUT2D eigenvalue weighted by molar-refractivity contribution is 0.403. The molecule has 0 spiro atoms. The number of halogens is 1. The van der Waals surface area contributed by atoms with Gasteiger partial charge in [0.15, 0.2) is 0 Å². The Balaban J connectivity index is 1.71. The molecule has 2 nitrogen and oxygen atoms in total. The van der Waals surface area contributed by atoms with E-state index in [4.69, 9.17) is 0 Å². The van der Waals surface area contributed by atoms with Crippen LogP contribution < -0.4 is 10.6 Å². The summed E-state index contributed by atoms with van der Waals surface area (Å²) in [6.45, 7) is 4.48. The molecule has 2 rings (SSSR count). The second-order valence-corrected chi connectivity index (χ2v) is 7.06. The highest BCUT2D eigenvalue weighted by Gasteiger charge is 2.14. The molecular weight excluding hydrogens is 308 g/mol. The van der Waals surface area contributed by atoms with Crippen molar-refractivity contribution in [3.05, 3.63) is 20.8 Å². The van der Waals surface area contributed by atoms with E-state index in [1.165, 1.54) is 48.0 Å². The molecule has 0 radical (unpaired) electrons. The summed E-state index contributed by atoms with van der Waals surface area (Å²) in [6.07, 6.45) is 6.71. The van der Waals surface area contributed by atoms with Gasteiger partial charge in [0.25, 0.3) is 0 Å². The topological polar surface area (TPSA) is 24.1 Å². The molecular formula is C14H23BrN2S. The van der Waals surface area contributed by atoms with E-state index in [2.05, 4.69) is 44.9 Å². The van der Waals surface area contributed by atoms with Gasteiger partial charge in [-0.05, 0) is 60.1 Å². The van der Waals surface area contributed by atoms with Crippen LogP contribution in [0.5, 0.6) is 0 Å². The molecule has 18 heavy (non-hydrogen) atoms. The van der Waals surface area contributed by atoms with Crippen LogP contribution in [0.4, 0.5) is 0 Å². The van der Waals surface area contributed by atoms with Gasteiger partial charge in [0.05, 0.1) is 0 Å². The van der Waals surface area contributed by atoms with E-state index >= 15 is 0 Å². The van der Waals surface area contributed by atoms with Crippen LogP contribution in [0.15, 0.2) is 15.9 Å². The van der Waals surface area contributed by atoms with Crippen LogP contribution in [0.25, 0.3) is 0 Å². The standard InChI is InChI=1S/C14H23BrN2S/c1-11(9-12-5-3-2-4-7-16-12)17-10-14-13(15)6-8-18-14/h6,8,11-12,16-17H,2-5,7,9-10H2,1H3. The van der Waals surface area contributed by atoms with Crippen LogP contribution in [0.2, 0.25) is 0 Å². The van der Waals surface area contributed by atoms with Gasteiger partial charge in [0.1, 0.15) is 0 Å².